The molecular formula is C8H19N3O3. The molecule has 0 atom stereocenters. The highest BCUT2D eigenvalue weighted by atomic mass is 16.4. The van der Waals surface area contributed by atoms with Crippen molar-refractivity contribution in [1.82, 2.24) is 0 Å². The normalized spacial score (nSPS) is 12.8. The molecule has 1 aliphatic carbocycles. The fraction of sp³-hybridized carbons (Fsp3) is 0.750. The first-order valence-corrected chi connectivity index (χ1v) is 4.34. The molecule has 0 unspecified atom stereocenters. The molecule has 1 saturated carbocycles. The van der Waals surface area contributed by atoms with Crippen LogP contribution in [0.5, 0.6) is 0 Å². The molecule has 14 heavy (non-hydrogen) atoms. The van der Waals surface area contributed by atoms with Crippen LogP contribution in [0.2, 0.25) is 0 Å². The van der Waals surface area contributed by atoms with Gasteiger partial charge in [0.25, 0.3) is 0 Å². The van der Waals surface area contributed by atoms with Gasteiger partial charge in [0.05, 0.1) is 13.1 Å². The summed E-state index contributed by atoms with van der Waals surface area (Å²) in [6.07, 6.45) is 2.97. The Morgan fingerprint density at radius 3 is 1.50 bits per heavy atom. The molecular weight excluding hydrogens is 186 g/mol. The number of carboxylic acid groups (broad SMARTS) is 1. The Kier molecular flexibility index (Phi) is 10.9. The molecule has 7 N–H and O–H groups in total. The second-order valence-electron chi connectivity index (χ2n) is 2.95. The highest BCUT2D eigenvalue weighted by Gasteiger charge is 2.12. The molecule has 1 aliphatic rings. The topological polar surface area (TPSA) is 132 Å². The van der Waals surface area contributed by atoms with E-state index in [1.807, 2.05) is 0 Å². The zero-order valence-corrected chi connectivity index (χ0v) is 8.40. The average Bonchev–Trinajstić information content (AvgIpc) is 2.89. The number of carboxylic acids is 1. The van der Waals surface area contributed by atoms with Crippen molar-refractivity contribution >= 4 is 11.9 Å². The highest BCUT2D eigenvalue weighted by Crippen LogP contribution is 2.26. The maximum absolute atomic E-state index is 9.47. The van der Waals surface area contributed by atoms with Crippen molar-refractivity contribution < 1.29 is 14.7 Å². The van der Waals surface area contributed by atoms with Crippen LogP contribution in [0.15, 0.2) is 0 Å². The molecule has 1 amide bonds. The smallest absolute Gasteiger partial charge is 0.317 e. The number of amides is 1. The molecule has 0 aliphatic heterocycles. The van der Waals surface area contributed by atoms with Crippen LogP contribution in [0.3, 0.4) is 0 Å². The van der Waals surface area contributed by atoms with Gasteiger partial charge in [-0.25, -0.2) is 0 Å². The van der Waals surface area contributed by atoms with Gasteiger partial charge in [0, 0.05) is 0 Å². The predicted octanol–water partition coefficient (Wildman–Crippen LogP) is -1.12. The van der Waals surface area contributed by atoms with Gasteiger partial charge in [0.2, 0.25) is 5.91 Å². The minimum Gasteiger partial charge on any atom is -0.480 e. The van der Waals surface area contributed by atoms with Crippen molar-refractivity contribution in [2.75, 3.05) is 13.1 Å². The number of aliphatic carboxylic acids is 1. The van der Waals surface area contributed by atoms with Crippen molar-refractivity contribution in [2.45, 2.75) is 19.8 Å². The van der Waals surface area contributed by atoms with E-state index < -0.39 is 11.9 Å². The lowest BCUT2D eigenvalue weighted by molar-refractivity contribution is -0.135. The number of nitrogens with two attached hydrogens (primary N) is 3. The molecule has 0 aromatic carbocycles. The molecule has 0 saturated heterocycles. The number of carbonyl (C=O) groups excluding carboxylic acids is 1. The number of carbonyl (C=O) groups is 2. The molecule has 0 heterocycles. The van der Waals surface area contributed by atoms with Gasteiger partial charge in [-0.1, -0.05) is 19.8 Å². The summed E-state index contributed by atoms with van der Waals surface area (Å²) >= 11 is 0. The molecule has 0 bridgehead atoms. The minimum atomic E-state index is -0.968. The van der Waals surface area contributed by atoms with Gasteiger partial charge in [-0.3, -0.25) is 9.59 Å². The van der Waals surface area contributed by atoms with Gasteiger partial charge in [0.15, 0.2) is 0 Å². The Labute approximate surface area is 83.4 Å². The summed E-state index contributed by atoms with van der Waals surface area (Å²) in [5.41, 5.74) is 13.8. The summed E-state index contributed by atoms with van der Waals surface area (Å²) in [5.74, 6) is -0.352. The fourth-order valence-corrected chi connectivity index (χ4v) is 0.167. The van der Waals surface area contributed by atoms with E-state index in [1.54, 1.807) is 0 Å². The van der Waals surface area contributed by atoms with E-state index in [1.165, 1.54) is 12.8 Å². The van der Waals surface area contributed by atoms with Crippen LogP contribution in [0.4, 0.5) is 0 Å². The van der Waals surface area contributed by atoms with E-state index in [-0.39, 0.29) is 13.1 Å². The molecule has 0 aromatic heterocycles. The number of primary amides is 1. The Bertz CT molecular complexity index is 155. The van der Waals surface area contributed by atoms with Crippen LogP contribution in [-0.2, 0) is 9.59 Å². The SMILES string of the molecule is CC1CC1.NCC(=O)O.NCC(N)=O. The zero-order chi connectivity index (χ0) is 11.6. The van der Waals surface area contributed by atoms with Gasteiger partial charge >= 0.3 is 5.97 Å². The molecule has 6 nitrogen and oxygen atoms in total. The van der Waals surface area contributed by atoms with E-state index in [0.29, 0.717) is 0 Å². The molecule has 6 heteroatoms. The van der Waals surface area contributed by atoms with Gasteiger partial charge in [0.1, 0.15) is 0 Å². The molecule has 0 radical (unpaired) electrons. The second kappa shape index (κ2) is 9.94. The third-order valence-corrected chi connectivity index (χ3v) is 1.24. The first kappa shape index (κ1) is 15.3. The van der Waals surface area contributed by atoms with Crippen LogP contribution in [0.1, 0.15) is 19.8 Å². The van der Waals surface area contributed by atoms with Crippen molar-refractivity contribution in [2.24, 2.45) is 23.1 Å². The van der Waals surface area contributed by atoms with Gasteiger partial charge < -0.3 is 22.3 Å². The van der Waals surface area contributed by atoms with Gasteiger partial charge in [-0.15, -0.1) is 0 Å². The largest absolute Gasteiger partial charge is 0.480 e. The predicted molar refractivity (Wildman–Crippen MR) is 53.3 cm³/mol. The third-order valence-electron chi connectivity index (χ3n) is 1.24. The maximum Gasteiger partial charge on any atom is 0.317 e. The Hall–Kier alpha value is -1.14. The van der Waals surface area contributed by atoms with Crippen LogP contribution >= 0.6 is 0 Å². The Morgan fingerprint density at radius 2 is 1.50 bits per heavy atom. The number of rotatable bonds is 2. The van der Waals surface area contributed by atoms with Crippen molar-refractivity contribution in [1.29, 1.82) is 0 Å². The lowest BCUT2D eigenvalue weighted by atomic mass is 10.5. The monoisotopic (exact) mass is 205 g/mol. The van der Waals surface area contributed by atoms with Gasteiger partial charge in [-0.2, -0.15) is 0 Å². The van der Waals surface area contributed by atoms with Crippen LogP contribution < -0.4 is 17.2 Å². The summed E-state index contributed by atoms with van der Waals surface area (Å²) < 4.78 is 0. The second-order valence-corrected chi connectivity index (χ2v) is 2.95. The number of hydrogen-bond donors (Lipinski definition) is 4. The zero-order valence-electron chi connectivity index (χ0n) is 8.40. The Balaban J connectivity index is 0. The van der Waals surface area contributed by atoms with Crippen molar-refractivity contribution in [3.8, 4) is 0 Å². The highest BCUT2D eigenvalue weighted by molar-refractivity contribution is 5.75. The molecule has 1 fully saturated rings. The van der Waals surface area contributed by atoms with E-state index in [2.05, 4.69) is 18.4 Å². The molecule has 84 valence electrons. The van der Waals surface area contributed by atoms with Crippen molar-refractivity contribution in [3.05, 3.63) is 0 Å². The van der Waals surface area contributed by atoms with Crippen LogP contribution in [0.25, 0.3) is 0 Å². The van der Waals surface area contributed by atoms with Crippen LogP contribution in [0, 0.1) is 5.92 Å². The average molecular weight is 205 g/mol. The molecule has 1 rings (SSSR count). The van der Waals surface area contributed by atoms with E-state index in [4.69, 9.17) is 10.8 Å². The first-order chi connectivity index (χ1) is 6.43. The third kappa shape index (κ3) is 30.7. The first-order valence-electron chi connectivity index (χ1n) is 4.34. The summed E-state index contributed by atoms with van der Waals surface area (Å²) in [4.78, 5) is 18.7. The van der Waals surface area contributed by atoms with E-state index in [9.17, 15) is 9.59 Å². The lowest BCUT2D eigenvalue weighted by Gasteiger charge is -1.74. The Morgan fingerprint density at radius 1 is 1.29 bits per heavy atom. The van der Waals surface area contributed by atoms with E-state index in [0.717, 1.165) is 5.92 Å². The quantitative estimate of drug-likeness (QED) is 0.453. The van der Waals surface area contributed by atoms with Crippen molar-refractivity contribution in [3.63, 3.8) is 0 Å². The standard InChI is InChI=1S/C4H8.C2H6N2O.C2H5NO2/c1-4-2-3-4;2*3-1-2(4)5/h4H,2-3H2,1H3;1,3H2,(H2,4,5);1,3H2,(H,4,5). The summed E-state index contributed by atoms with van der Waals surface area (Å²) in [7, 11) is 0. The summed E-state index contributed by atoms with van der Waals surface area (Å²) in [6.45, 7) is 1.94. The number of hydrogen-bond acceptors (Lipinski definition) is 4. The van der Waals surface area contributed by atoms with Crippen LogP contribution in [-0.4, -0.2) is 30.1 Å². The summed E-state index contributed by atoms with van der Waals surface area (Å²) in [5, 5.41) is 7.60. The molecule has 0 aromatic rings. The minimum absolute atomic E-state index is 0.0556. The summed E-state index contributed by atoms with van der Waals surface area (Å²) in [6, 6.07) is 0. The van der Waals surface area contributed by atoms with Gasteiger partial charge in [-0.05, 0) is 5.92 Å². The molecule has 0 spiro atoms. The fourth-order valence-electron chi connectivity index (χ4n) is 0.167. The maximum atomic E-state index is 9.47. The lowest BCUT2D eigenvalue weighted by Crippen LogP contribution is -2.21. The van der Waals surface area contributed by atoms with E-state index >= 15 is 0 Å².